The van der Waals surface area contributed by atoms with E-state index in [1.165, 1.54) is 0 Å². The van der Waals surface area contributed by atoms with Crippen molar-refractivity contribution < 1.29 is 9.21 Å². The highest BCUT2D eigenvalue weighted by Gasteiger charge is 2.22. The number of aromatic nitrogens is 5. The first-order valence-corrected chi connectivity index (χ1v) is 10.8. The van der Waals surface area contributed by atoms with Crippen molar-refractivity contribution in [3.05, 3.63) is 77.9 Å². The SMILES string of the molecule is Cc1nn(-c2ccccc2)c(C)c1NC(=O)c1cc(-c2ccco2)nc2c1cnn2C(C)C. The lowest BCUT2D eigenvalue weighted by Gasteiger charge is -2.11. The highest BCUT2D eigenvalue weighted by molar-refractivity contribution is 6.13. The van der Waals surface area contributed by atoms with E-state index in [4.69, 9.17) is 9.40 Å². The summed E-state index contributed by atoms with van der Waals surface area (Å²) in [6, 6.07) is 15.3. The Morgan fingerprint density at radius 1 is 1.09 bits per heavy atom. The fourth-order valence-electron chi connectivity index (χ4n) is 3.96. The normalized spacial score (nSPS) is 11.4. The summed E-state index contributed by atoms with van der Waals surface area (Å²) in [4.78, 5) is 18.3. The summed E-state index contributed by atoms with van der Waals surface area (Å²) in [5, 5.41) is 12.9. The summed E-state index contributed by atoms with van der Waals surface area (Å²) in [5.41, 5.74) is 4.89. The third kappa shape index (κ3) is 3.59. The van der Waals surface area contributed by atoms with Gasteiger partial charge in [-0.15, -0.1) is 0 Å². The Labute approximate surface area is 190 Å². The largest absolute Gasteiger partial charge is 0.463 e. The van der Waals surface area contributed by atoms with Crippen molar-refractivity contribution in [1.82, 2.24) is 24.5 Å². The van der Waals surface area contributed by atoms with Gasteiger partial charge >= 0.3 is 0 Å². The van der Waals surface area contributed by atoms with Crippen LogP contribution >= 0.6 is 0 Å². The summed E-state index contributed by atoms with van der Waals surface area (Å²) in [6.45, 7) is 7.88. The van der Waals surface area contributed by atoms with Gasteiger partial charge in [0, 0.05) is 6.04 Å². The summed E-state index contributed by atoms with van der Waals surface area (Å²) in [6.07, 6.45) is 3.28. The first-order chi connectivity index (χ1) is 15.9. The second-order valence-corrected chi connectivity index (χ2v) is 8.20. The number of furan rings is 1. The molecule has 8 nitrogen and oxygen atoms in total. The minimum Gasteiger partial charge on any atom is -0.463 e. The molecule has 0 saturated carbocycles. The number of aryl methyl sites for hydroxylation is 1. The van der Waals surface area contributed by atoms with E-state index >= 15 is 0 Å². The van der Waals surface area contributed by atoms with Crippen LogP contribution in [0.1, 0.15) is 41.6 Å². The molecular weight excluding hydrogens is 416 g/mol. The van der Waals surface area contributed by atoms with Gasteiger partial charge in [0.15, 0.2) is 11.4 Å². The van der Waals surface area contributed by atoms with E-state index in [1.807, 2.05) is 73.5 Å². The van der Waals surface area contributed by atoms with Gasteiger partial charge in [0.05, 0.1) is 46.2 Å². The summed E-state index contributed by atoms with van der Waals surface area (Å²) in [7, 11) is 0. The number of anilines is 1. The number of hydrogen-bond acceptors (Lipinski definition) is 5. The Kier molecular flexibility index (Phi) is 5.05. The Balaban J connectivity index is 1.59. The topological polar surface area (TPSA) is 90.8 Å². The van der Waals surface area contributed by atoms with Crippen molar-refractivity contribution in [1.29, 1.82) is 0 Å². The number of rotatable bonds is 5. The number of hydrogen-bond donors (Lipinski definition) is 1. The lowest BCUT2D eigenvalue weighted by molar-refractivity contribution is 0.102. The monoisotopic (exact) mass is 440 g/mol. The van der Waals surface area contributed by atoms with Gasteiger partial charge in [0.25, 0.3) is 5.91 Å². The lowest BCUT2D eigenvalue weighted by atomic mass is 10.1. The molecule has 0 unspecified atom stereocenters. The van der Waals surface area contributed by atoms with Crippen LogP contribution in [0.4, 0.5) is 5.69 Å². The van der Waals surface area contributed by atoms with Crippen molar-refractivity contribution in [2.45, 2.75) is 33.7 Å². The Bertz CT molecular complexity index is 1450. The quantitative estimate of drug-likeness (QED) is 0.399. The van der Waals surface area contributed by atoms with Gasteiger partial charge in [0.1, 0.15) is 5.69 Å². The summed E-state index contributed by atoms with van der Waals surface area (Å²) >= 11 is 0. The van der Waals surface area contributed by atoms with Crippen molar-refractivity contribution in [3.63, 3.8) is 0 Å². The minimum atomic E-state index is -0.252. The number of benzene rings is 1. The molecule has 0 aliphatic rings. The Morgan fingerprint density at radius 2 is 1.88 bits per heavy atom. The highest BCUT2D eigenvalue weighted by atomic mass is 16.3. The zero-order valence-corrected chi connectivity index (χ0v) is 18.9. The number of para-hydroxylation sites is 1. The van der Waals surface area contributed by atoms with E-state index in [9.17, 15) is 4.79 Å². The van der Waals surface area contributed by atoms with Gasteiger partial charge in [-0.1, -0.05) is 18.2 Å². The van der Waals surface area contributed by atoms with E-state index in [1.54, 1.807) is 24.6 Å². The van der Waals surface area contributed by atoms with Gasteiger partial charge in [0.2, 0.25) is 0 Å². The van der Waals surface area contributed by atoms with Crippen molar-refractivity contribution in [2.24, 2.45) is 0 Å². The first kappa shape index (κ1) is 20.7. The van der Waals surface area contributed by atoms with Crippen LogP contribution in [0.15, 0.2) is 65.4 Å². The first-order valence-electron chi connectivity index (χ1n) is 10.8. The maximum atomic E-state index is 13.5. The van der Waals surface area contributed by atoms with Crippen molar-refractivity contribution >= 4 is 22.6 Å². The van der Waals surface area contributed by atoms with Crippen molar-refractivity contribution in [3.8, 4) is 17.1 Å². The molecule has 1 amide bonds. The second kappa shape index (κ2) is 8.05. The lowest BCUT2D eigenvalue weighted by Crippen LogP contribution is -2.14. The molecule has 5 rings (SSSR count). The number of pyridine rings is 1. The van der Waals surface area contributed by atoms with Gasteiger partial charge < -0.3 is 9.73 Å². The predicted octanol–water partition coefficient (Wildman–Crippen LogP) is 5.33. The van der Waals surface area contributed by atoms with Crippen LogP contribution in [0, 0.1) is 13.8 Å². The molecule has 0 bridgehead atoms. The van der Waals surface area contributed by atoms with Crippen molar-refractivity contribution in [2.75, 3.05) is 5.32 Å². The molecule has 0 atom stereocenters. The number of carbonyl (C=O) groups excluding carboxylic acids is 1. The minimum absolute atomic E-state index is 0.0892. The standard InChI is InChI=1S/C25H24N6O2/c1-15(2)30-24-20(14-26-30)19(13-21(27-24)22-11-8-12-33-22)25(32)28-23-16(3)29-31(17(23)4)18-9-6-5-7-10-18/h5-15H,1-4H3,(H,28,32). The predicted molar refractivity (Wildman–Crippen MR) is 127 cm³/mol. The van der Waals surface area contributed by atoms with Crippen LogP contribution in [0.3, 0.4) is 0 Å². The van der Waals surface area contributed by atoms with Gasteiger partial charge in [-0.2, -0.15) is 10.2 Å². The summed E-state index contributed by atoms with van der Waals surface area (Å²) < 4.78 is 9.19. The van der Waals surface area contributed by atoms with Crippen LogP contribution in [-0.4, -0.2) is 30.5 Å². The highest BCUT2D eigenvalue weighted by Crippen LogP contribution is 2.29. The number of nitrogens with one attached hydrogen (secondary N) is 1. The van der Waals surface area contributed by atoms with Crippen LogP contribution in [0.2, 0.25) is 0 Å². The second-order valence-electron chi connectivity index (χ2n) is 8.20. The van der Waals surface area contributed by atoms with Gasteiger partial charge in [-0.25, -0.2) is 14.3 Å². The molecule has 0 aliphatic carbocycles. The fourth-order valence-corrected chi connectivity index (χ4v) is 3.96. The van der Waals surface area contributed by atoms with Gasteiger partial charge in [-0.3, -0.25) is 4.79 Å². The number of fused-ring (bicyclic) bond motifs is 1. The average molecular weight is 441 g/mol. The van der Waals surface area contributed by atoms with E-state index < -0.39 is 0 Å². The van der Waals surface area contributed by atoms with E-state index in [0.717, 1.165) is 17.1 Å². The van der Waals surface area contributed by atoms with Crippen LogP contribution in [0.25, 0.3) is 28.2 Å². The third-order valence-corrected chi connectivity index (χ3v) is 5.60. The molecule has 0 fully saturated rings. The molecule has 5 aromatic rings. The zero-order valence-electron chi connectivity index (χ0n) is 18.9. The molecule has 4 heterocycles. The number of amides is 1. The Hall–Kier alpha value is -4.20. The summed E-state index contributed by atoms with van der Waals surface area (Å²) in [5.74, 6) is 0.337. The maximum Gasteiger partial charge on any atom is 0.256 e. The molecule has 33 heavy (non-hydrogen) atoms. The molecule has 0 aliphatic heterocycles. The van der Waals surface area contributed by atoms with Crippen LogP contribution < -0.4 is 5.32 Å². The fraction of sp³-hybridized carbons (Fsp3) is 0.200. The van der Waals surface area contributed by atoms with E-state index in [-0.39, 0.29) is 11.9 Å². The molecule has 1 N–H and O–H groups in total. The van der Waals surface area contributed by atoms with E-state index in [2.05, 4.69) is 15.5 Å². The molecule has 8 heteroatoms. The molecule has 4 aromatic heterocycles. The van der Waals surface area contributed by atoms with Crippen LogP contribution in [0.5, 0.6) is 0 Å². The Morgan fingerprint density at radius 3 is 2.58 bits per heavy atom. The molecule has 0 spiro atoms. The van der Waals surface area contributed by atoms with E-state index in [0.29, 0.717) is 33.7 Å². The molecule has 1 aromatic carbocycles. The third-order valence-electron chi connectivity index (χ3n) is 5.60. The molecule has 166 valence electrons. The smallest absolute Gasteiger partial charge is 0.256 e. The maximum absolute atomic E-state index is 13.5. The molecule has 0 saturated heterocycles. The number of carbonyl (C=O) groups is 1. The average Bonchev–Trinajstić information content (AvgIpc) is 3.55. The van der Waals surface area contributed by atoms with Crippen LogP contribution in [-0.2, 0) is 0 Å². The number of nitrogens with zero attached hydrogens (tertiary/aromatic N) is 5. The molecule has 0 radical (unpaired) electrons. The van der Waals surface area contributed by atoms with Gasteiger partial charge in [-0.05, 0) is 58.0 Å². The molecular formula is C25H24N6O2. The zero-order chi connectivity index (χ0) is 23.1.